The average molecular weight is 375 g/mol. The van der Waals surface area contributed by atoms with Crippen LogP contribution in [0.2, 0.25) is 0 Å². The molecule has 7 nitrogen and oxygen atoms in total. The van der Waals surface area contributed by atoms with Crippen LogP contribution in [-0.2, 0) is 16.4 Å². The first-order valence-corrected chi connectivity index (χ1v) is 10.3. The minimum absolute atomic E-state index is 0.159. The number of hydrogen-bond donors (Lipinski definition) is 0. The predicted molar refractivity (Wildman–Crippen MR) is 96.6 cm³/mol. The predicted octanol–water partition coefficient (Wildman–Crippen LogP) is 1.98. The molecule has 0 spiro atoms. The smallest absolute Gasteiger partial charge is 0.292 e. The zero-order valence-electron chi connectivity index (χ0n) is 14.6. The number of piperidine rings is 1. The van der Waals surface area contributed by atoms with Crippen molar-refractivity contribution in [2.24, 2.45) is 0 Å². The third-order valence-corrected chi connectivity index (χ3v) is 7.30. The summed E-state index contributed by atoms with van der Waals surface area (Å²) >= 11 is 0. The molecule has 1 unspecified atom stereocenters. The van der Waals surface area contributed by atoms with E-state index in [1.165, 1.54) is 4.31 Å². The van der Waals surface area contributed by atoms with Crippen LogP contribution in [0.3, 0.4) is 0 Å². The van der Waals surface area contributed by atoms with Gasteiger partial charge in [0, 0.05) is 25.7 Å². The van der Waals surface area contributed by atoms with Crippen LogP contribution in [-0.4, -0.2) is 49.3 Å². The van der Waals surface area contributed by atoms with E-state index in [4.69, 9.17) is 4.52 Å². The lowest BCUT2D eigenvalue weighted by atomic mass is 10.1. The Morgan fingerprint density at radius 3 is 2.85 bits per heavy atom. The van der Waals surface area contributed by atoms with E-state index in [1.807, 2.05) is 24.3 Å². The SMILES string of the molecule is Cc1cc(C(=O)N2CCCC(S(=O)(=O)N3CCc4ccccc43)C2)on1. The topological polar surface area (TPSA) is 83.7 Å². The molecule has 0 radical (unpaired) electrons. The molecule has 1 fully saturated rings. The summed E-state index contributed by atoms with van der Waals surface area (Å²) in [5.74, 6) is -0.139. The summed E-state index contributed by atoms with van der Waals surface area (Å²) < 4.78 is 33.0. The van der Waals surface area contributed by atoms with Gasteiger partial charge in [0.25, 0.3) is 5.91 Å². The van der Waals surface area contributed by atoms with Crippen LogP contribution >= 0.6 is 0 Å². The highest BCUT2D eigenvalue weighted by Crippen LogP contribution is 2.33. The van der Waals surface area contributed by atoms with Crippen LogP contribution in [0.5, 0.6) is 0 Å². The largest absolute Gasteiger partial charge is 0.351 e. The van der Waals surface area contributed by atoms with Crippen LogP contribution < -0.4 is 4.31 Å². The zero-order chi connectivity index (χ0) is 18.3. The van der Waals surface area contributed by atoms with Crippen molar-refractivity contribution < 1.29 is 17.7 Å². The third-order valence-electron chi connectivity index (χ3n) is 5.08. The molecule has 0 N–H and O–H groups in total. The summed E-state index contributed by atoms with van der Waals surface area (Å²) in [5, 5.41) is 3.14. The molecule has 4 rings (SSSR count). The van der Waals surface area contributed by atoms with Gasteiger partial charge in [0.15, 0.2) is 0 Å². The Hall–Kier alpha value is -2.35. The van der Waals surface area contributed by atoms with Crippen LogP contribution in [0.15, 0.2) is 34.9 Å². The maximum atomic E-state index is 13.2. The Labute approximate surface area is 152 Å². The second-order valence-corrected chi connectivity index (χ2v) is 8.98. The van der Waals surface area contributed by atoms with Crippen LogP contribution in [0, 0.1) is 6.92 Å². The van der Waals surface area contributed by atoms with E-state index in [2.05, 4.69) is 5.16 Å². The van der Waals surface area contributed by atoms with Gasteiger partial charge in [-0.15, -0.1) is 0 Å². The summed E-state index contributed by atoms with van der Waals surface area (Å²) in [7, 11) is -3.53. The number of sulfonamides is 1. The van der Waals surface area contributed by atoms with Gasteiger partial charge in [0.1, 0.15) is 0 Å². The highest BCUT2D eigenvalue weighted by Gasteiger charge is 2.39. The Bertz CT molecular complexity index is 937. The minimum Gasteiger partial charge on any atom is -0.351 e. The molecule has 138 valence electrons. The fraction of sp³-hybridized carbons (Fsp3) is 0.444. The lowest BCUT2D eigenvalue weighted by Crippen LogP contribution is -2.49. The van der Waals surface area contributed by atoms with Crippen molar-refractivity contribution in [3.05, 3.63) is 47.3 Å². The van der Waals surface area contributed by atoms with Crippen molar-refractivity contribution >= 4 is 21.6 Å². The number of carbonyl (C=O) groups is 1. The molecule has 26 heavy (non-hydrogen) atoms. The van der Waals surface area contributed by atoms with E-state index in [-0.39, 0.29) is 18.2 Å². The Morgan fingerprint density at radius 1 is 1.27 bits per heavy atom. The van der Waals surface area contributed by atoms with Crippen molar-refractivity contribution in [3.63, 3.8) is 0 Å². The molecule has 0 aliphatic carbocycles. The fourth-order valence-corrected chi connectivity index (χ4v) is 5.73. The molecule has 2 aromatic rings. The summed E-state index contributed by atoms with van der Waals surface area (Å²) in [4.78, 5) is 14.2. The molecule has 1 aromatic heterocycles. The number of benzene rings is 1. The van der Waals surface area contributed by atoms with Gasteiger partial charge in [0.2, 0.25) is 15.8 Å². The van der Waals surface area contributed by atoms with Gasteiger partial charge in [-0.3, -0.25) is 9.10 Å². The molecule has 1 saturated heterocycles. The fourth-order valence-electron chi connectivity index (χ4n) is 3.74. The molecule has 1 amide bonds. The van der Waals surface area contributed by atoms with Crippen molar-refractivity contribution in [1.29, 1.82) is 0 Å². The van der Waals surface area contributed by atoms with E-state index in [0.717, 1.165) is 17.7 Å². The molecule has 2 aliphatic heterocycles. The van der Waals surface area contributed by atoms with Crippen LogP contribution in [0.1, 0.15) is 34.7 Å². The standard InChI is InChI=1S/C18H21N3O4S/c1-13-11-17(25-19-13)18(22)20-9-4-6-15(12-20)26(23,24)21-10-8-14-5-2-3-7-16(14)21/h2-3,5,7,11,15H,4,6,8-10,12H2,1H3. The molecule has 8 heteroatoms. The lowest BCUT2D eigenvalue weighted by Gasteiger charge is -2.34. The highest BCUT2D eigenvalue weighted by atomic mass is 32.2. The molecule has 2 aliphatic rings. The van der Waals surface area contributed by atoms with Crippen molar-refractivity contribution in [2.75, 3.05) is 23.9 Å². The van der Waals surface area contributed by atoms with Gasteiger partial charge < -0.3 is 9.42 Å². The first-order valence-electron chi connectivity index (χ1n) is 8.79. The number of hydrogen-bond acceptors (Lipinski definition) is 5. The maximum absolute atomic E-state index is 13.2. The quantitative estimate of drug-likeness (QED) is 0.819. The normalized spacial score (nSPS) is 20.3. The number of anilines is 1. The third kappa shape index (κ3) is 2.88. The van der Waals surface area contributed by atoms with Gasteiger partial charge >= 0.3 is 0 Å². The van der Waals surface area contributed by atoms with E-state index in [0.29, 0.717) is 31.6 Å². The number of carbonyl (C=O) groups excluding carboxylic acids is 1. The molecule has 0 bridgehead atoms. The number of para-hydroxylation sites is 1. The number of aryl methyl sites for hydroxylation is 1. The monoisotopic (exact) mass is 375 g/mol. The second-order valence-electron chi connectivity index (χ2n) is 6.84. The first-order chi connectivity index (χ1) is 12.5. The first kappa shape index (κ1) is 17.1. The summed E-state index contributed by atoms with van der Waals surface area (Å²) in [6.45, 7) is 2.92. The van der Waals surface area contributed by atoms with Gasteiger partial charge in [-0.25, -0.2) is 8.42 Å². The van der Waals surface area contributed by atoms with Gasteiger partial charge in [0.05, 0.1) is 16.6 Å². The van der Waals surface area contributed by atoms with Crippen molar-refractivity contribution in [1.82, 2.24) is 10.1 Å². The van der Waals surface area contributed by atoms with Crippen LogP contribution in [0.25, 0.3) is 0 Å². The van der Waals surface area contributed by atoms with E-state index >= 15 is 0 Å². The average Bonchev–Trinajstić information content (AvgIpc) is 3.28. The zero-order valence-corrected chi connectivity index (χ0v) is 15.4. The molecule has 1 atom stereocenters. The van der Waals surface area contributed by atoms with Crippen molar-refractivity contribution in [2.45, 2.75) is 31.4 Å². The summed E-state index contributed by atoms with van der Waals surface area (Å²) in [5.41, 5.74) is 2.45. The highest BCUT2D eigenvalue weighted by molar-refractivity contribution is 7.93. The van der Waals surface area contributed by atoms with Crippen LogP contribution in [0.4, 0.5) is 5.69 Å². The minimum atomic E-state index is -3.53. The van der Waals surface area contributed by atoms with E-state index < -0.39 is 15.3 Å². The molecule has 3 heterocycles. The molecular weight excluding hydrogens is 354 g/mol. The number of nitrogens with zero attached hydrogens (tertiary/aromatic N) is 3. The van der Waals surface area contributed by atoms with Gasteiger partial charge in [-0.2, -0.15) is 0 Å². The number of fused-ring (bicyclic) bond motifs is 1. The van der Waals surface area contributed by atoms with Crippen molar-refractivity contribution in [3.8, 4) is 0 Å². The molecule has 0 saturated carbocycles. The Balaban J connectivity index is 1.55. The molecular formula is C18H21N3O4S. The second kappa shape index (κ2) is 6.42. The maximum Gasteiger partial charge on any atom is 0.292 e. The molecule has 1 aromatic carbocycles. The van der Waals surface area contributed by atoms with E-state index in [1.54, 1.807) is 17.9 Å². The summed E-state index contributed by atoms with van der Waals surface area (Å²) in [6.07, 6.45) is 1.93. The Morgan fingerprint density at radius 2 is 2.08 bits per heavy atom. The van der Waals surface area contributed by atoms with Gasteiger partial charge in [-0.1, -0.05) is 23.4 Å². The lowest BCUT2D eigenvalue weighted by molar-refractivity contribution is 0.0684. The number of aromatic nitrogens is 1. The summed E-state index contributed by atoms with van der Waals surface area (Å²) in [6, 6.07) is 9.18. The number of likely N-dealkylation sites (tertiary alicyclic amines) is 1. The van der Waals surface area contributed by atoms with Gasteiger partial charge in [-0.05, 0) is 37.8 Å². The number of rotatable bonds is 3. The number of amides is 1. The van der Waals surface area contributed by atoms with E-state index in [9.17, 15) is 13.2 Å². The Kier molecular flexibility index (Phi) is 4.22.